The minimum atomic E-state index is -1.10. The number of nitrogens with one attached hydrogen (secondary N) is 1. The Morgan fingerprint density at radius 2 is 2.05 bits per heavy atom. The number of hydrazine groups is 1. The highest BCUT2D eigenvalue weighted by Gasteiger charge is 2.31. The van der Waals surface area contributed by atoms with Crippen LogP contribution in [0.3, 0.4) is 0 Å². The molecule has 1 saturated heterocycles. The van der Waals surface area contributed by atoms with E-state index in [1.54, 1.807) is 12.1 Å². The summed E-state index contributed by atoms with van der Waals surface area (Å²) >= 11 is 0. The molecule has 114 valence electrons. The van der Waals surface area contributed by atoms with Gasteiger partial charge in [0.05, 0.1) is 0 Å². The minimum Gasteiger partial charge on any atom is -0.508 e. The first-order chi connectivity index (χ1) is 9.97. The number of carbonyl (C=O) groups is 2. The Labute approximate surface area is 122 Å². The fourth-order valence-corrected chi connectivity index (χ4v) is 2.41. The molecule has 1 amide bonds. The van der Waals surface area contributed by atoms with E-state index < -0.39 is 18.1 Å². The van der Waals surface area contributed by atoms with Gasteiger partial charge in [-0.2, -0.15) is 0 Å². The first-order valence-corrected chi connectivity index (χ1v) is 6.80. The molecule has 2 atom stereocenters. The molecule has 1 unspecified atom stereocenters. The summed E-state index contributed by atoms with van der Waals surface area (Å²) in [5.41, 5.74) is 0.719. The highest BCUT2D eigenvalue weighted by molar-refractivity contribution is 5.87. The molecule has 0 saturated carbocycles. The Balaban J connectivity index is 2.00. The van der Waals surface area contributed by atoms with Crippen LogP contribution in [0.15, 0.2) is 24.3 Å². The Bertz CT molecular complexity index is 517. The van der Waals surface area contributed by atoms with Crippen LogP contribution in [0.4, 0.5) is 0 Å². The lowest BCUT2D eigenvalue weighted by Crippen LogP contribution is -2.51. The molecule has 7 heteroatoms. The van der Waals surface area contributed by atoms with Gasteiger partial charge in [0.15, 0.2) is 0 Å². The van der Waals surface area contributed by atoms with Crippen LogP contribution in [0.1, 0.15) is 18.4 Å². The van der Waals surface area contributed by atoms with Gasteiger partial charge in [0.1, 0.15) is 17.8 Å². The van der Waals surface area contributed by atoms with E-state index in [4.69, 9.17) is 5.84 Å². The van der Waals surface area contributed by atoms with E-state index in [2.05, 4.69) is 5.32 Å². The first kappa shape index (κ1) is 15.3. The summed E-state index contributed by atoms with van der Waals surface area (Å²) in [6.07, 6.45) is 1.61. The van der Waals surface area contributed by atoms with Crippen LogP contribution in [0, 0.1) is 0 Å². The topological polar surface area (TPSA) is 116 Å². The second-order valence-corrected chi connectivity index (χ2v) is 5.17. The lowest BCUT2D eigenvalue weighted by molar-refractivity contribution is -0.142. The number of phenolic OH excluding ortho intramolecular Hbond substituents is 1. The molecule has 1 aromatic rings. The Morgan fingerprint density at radius 3 is 2.57 bits per heavy atom. The van der Waals surface area contributed by atoms with Gasteiger partial charge in [0.2, 0.25) is 5.91 Å². The van der Waals surface area contributed by atoms with Gasteiger partial charge in [-0.15, -0.1) is 0 Å². The maximum atomic E-state index is 12.1. The van der Waals surface area contributed by atoms with Crippen molar-refractivity contribution in [1.82, 2.24) is 10.3 Å². The summed E-state index contributed by atoms with van der Waals surface area (Å²) in [4.78, 5) is 23.4. The first-order valence-electron chi connectivity index (χ1n) is 6.80. The van der Waals surface area contributed by atoms with Crippen molar-refractivity contribution < 1.29 is 19.8 Å². The van der Waals surface area contributed by atoms with E-state index in [0.717, 1.165) is 12.0 Å². The van der Waals surface area contributed by atoms with Crippen molar-refractivity contribution in [2.24, 2.45) is 5.84 Å². The van der Waals surface area contributed by atoms with E-state index >= 15 is 0 Å². The quantitative estimate of drug-likeness (QED) is 0.561. The number of nitrogens with two attached hydrogens (primary N) is 1. The van der Waals surface area contributed by atoms with Crippen LogP contribution in [-0.2, 0) is 16.0 Å². The lowest BCUT2D eigenvalue weighted by atomic mass is 10.1. The SMILES string of the molecule is NN1CCCC1C(=O)N[C@@H](Cc1ccc(O)cc1)C(=O)O. The molecule has 0 aromatic heterocycles. The third kappa shape index (κ3) is 3.93. The van der Waals surface area contributed by atoms with Crippen molar-refractivity contribution >= 4 is 11.9 Å². The van der Waals surface area contributed by atoms with Gasteiger partial charge in [0.25, 0.3) is 0 Å². The number of carbonyl (C=O) groups excluding carboxylic acids is 1. The van der Waals surface area contributed by atoms with Crippen LogP contribution >= 0.6 is 0 Å². The average Bonchev–Trinajstić information content (AvgIpc) is 2.86. The summed E-state index contributed by atoms with van der Waals surface area (Å²) in [6, 6.07) is 4.73. The molecule has 0 spiro atoms. The van der Waals surface area contributed by atoms with Crippen LogP contribution < -0.4 is 11.2 Å². The van der Waals surface area contributed by atoms with Crippen molar-refractivity contribution in [3.8, 4) is 5.75 Å². The normalized spacial score (nSPS) is 20.1. The van der Waals surface area contributed by atoms with E-state index in [1.807, 2.05) is 0 Å². The number of carboxylic acid groups (broad SMARTS) is 1. The maximum Gasteiger partial charge on any atom is 0.326 e. The smallest absolute Gasteiger partial charge is 0.326 e. The van der Waals surface area contributed by atoms with Crippen molar-refractivity contribution in [2.75, 3.05) is 6.54 Å². The molecule has 0 bridgehead atoms. The van der Waals surface area contributed by atoms with E-state index in [0.29, 0.717) is 13.0 Å². The van der Waals surface area contributed by atoms with Crippen LogP contribution in [0.25, 0.3) is 0 Å². The second-order valence-electron chi connectivity index (χ2n) is 5.17. The molecule has 21 heavy (non-hydrogen) atoms. The largest absolute Gasteiger partial charge is 0.508 e. The molecule has 2 rings (SSSR count). The van der Waals surface area contributed by atoms with Gasteiger partial charge in [-0.05, 0) is 30.5 Å². The van der Waals surface area contributed by atoms with Gasteiger partial charge < -0.3 is 15.5 Å². The Morgan fingerprint density at radius 1 is 1.38 bits per heavy atom. The third-order valence-electron chi connectivity index (χ3n) is 3.59. The fourth-order valence-electron chi connectivity index (χ4n) is 2.41. The number of hydrogen-bond donors (Lipinski definition) is 4. The zero-order valence-corrected chi connectivity index (χ0v) is 11.5. The van der Waals surface area contributed by atoms with E-state index in [-0.39, 0.29) is 18.1 Å². The number of nitrogens with zero attached hydrogens (tertiary/aromatic N) is 1. The van der Waals surface area contributed by atoms with Crippen LogP contribution in [-0.4, -0.2) is 45.7 Å². The predicted molar refractivity (Wildman–Crippen MR) is 75.3 cm³/mol. The molecule has 1 aliphatic heterocycles. The number of benzene rings is 1. The number of phenols is 1. The number of carboxylic acids is 1. The molecule has 7 nitrogen and oxygen atoms in total. The highest BCUT2D eigenvalue weighted by Crippen LogP contribution is 2.14. The van der Waals surface area contributed by atoms with Crippen molar-refractivity contribution in [2.45, 2.75) is 31.3 Å². The molecular weight excluding hydrogens is 274 g/mol. The lowest BCUT2D eigenvalue weighted by Gasteiger charge is -2.21. The zero-order chi connectivity index (χ0) is 15.4. The maximum absolute atomic E-state index is 12.1. The summed E-state index contributed by atoms with van der Waals surface area (Å²) in [7, 11) is 0. The zero-order valence-electron chi connectivity index (χ0n) is 11.5. The summed E-state index contributed by atoms with van der Waals surface area (Å²) in [5, 5.41) is 22.4. The van der Waals surface area contributed by atoms with Crippen molar-refractivity contribution in [1.29, 1.82) is 0 Å². The summed E-state index contributed by atoms with van der Waals surface area (Å²) in [6.45, 7) is 0.633. The average molecular weight is 293 g/mol. The Hall–Kier alpha value is -2.12. The molecule has 0 aliphatic carbocycles. The summed E-state index contributed by atoms with van der Waals surface area (Å²) < 4.78 is 0. The second kappa shape index (κ2) is 6.55. The number of aliphatic carboxylic acids is 1. The standard InChI is InChI=1S/C14H19N3O4/c15-17-7-1-2-12(17)13(19)16-11(14(20)21)8-9-3-5-10(18)6-4-9/h3-6,11-12,18H,1-2,7-8,15H2,(H,16,19)(H,20,21)/t11-,12?/m0/s1. The molecular formula is C14H19N3O4. The molecule has 0 radical (unpaired) electrons. The van der Waals surface area contributed by atoms with Gasteiger partial charge in [-0.3, -0.25) is 10.6 Å². The highest BCUT2D eigenvalue weighted by atomic mass is 16.4. The molecule has 5 N–H and O–H groups in total. The molecule has 1 heterocycles. The Kier molecular flexibility index (Phi) is 4.77. The fraction of sp³-hybridized carbons (Fsp3) is 0.429. The molecule has 1 fully saturated rings. The van der Waals surface area contributed by atoms with Gasteiger partial charge in [0, 0.05) is 13.0 Å². The number of amides is 1. The van der Waals surface area contributed by atoms with Gasteiger partial charge >= 0.3 is 5.97 Å². The van der Waals surface area contributed by atoms with Crippen LogP contribution in [0.5, 0.6) is 5.75 Å². The van der Waals surface area contributed by atoms with Crippen molar-refractivity contribution in [3.05, 3.63) is 29.8 Å². The van der Waals surface area contributed by atoms with Crippen LogP contribution in [0.2, 0.25) is 0 Å². The van der Waals surface area contributed by atoms with Crippen molar-refractivity contribution in [3.63, 3.8) is 0 Å². The van der Waals surface area contributed by atoms with Gasteiger partial charge in [-0.25, -0.2) is 9.80 Å². The minimum absolute atomic E-state index is 0.111. The van der Waals surface area contributed by atoms with E-state index in [1.165, 1.54) is 17.1 Å². The predicted octanol–water partition coefficient (Wildman–Crippen LogP) is -0.158. The molecule has 1 aromatic carbocycles. The third-order valence-corrected chi connectivity index (χ3v) is 3.59. The number of hydrogen-bond acceptors (Lipinski definition) is 5. The van der Waals surface area contributed by atoms with E-state index in [9.17, 15) is 19.8 Å². The number of rotatable bonds is 5. The summed E-state index contributed by atoms with van der Waals surface area (Å²) in [5.74, 6) is 4.35. The monoisotopic (exact) mass is 293 g/mol. The molecule has 1 aliphatic rings. The van der Waals surface area contributed by atoms with Gasteiger partial charge in [-0.1, -0.05) is 12.1 Å². The number of aromatic hydroxyl groups is 1.